The zero-order valence-electron chi connectivity index (χ0n) is 20.4. The maximum absolute atomic E-state index is 11.3. The fourth-order valence-corrected chi connectivity index (χ4v) is 5.53. The molecule has 35 heavy (non-hydrogen) atoms. The summed E-state index contributed by atoms with van der Waals surface area (Å²) in [6.07, 6.45) is 5.08. The van der Waals surface area contributed by atoms with Crippen LogP contribution in [0.5, 0.6) is 11.5 Å². The molecule has 0 unspecified atom stereocenters. The van der Waals surface area contributed by atoms with Crippen molar-refractivity contribution in [3.63, 3.8) is 0 Å². The third-order valence-corrected chi connectivity index (χ3v) is 7.56. The van der Waals surface area contributed by atoms with Gasteiger partial charge < -0.3 is 19.7 Å². The molecule has 0 spiro atoms. The molecule has 1 fully saturated rings. The molecular formula is C27H35NO6S. The Labute approximate surface area is 207 Å². The first-order valence-electron chi connectivity index (χ1n) is 12.1. The lowest BCUT2D eigenvalue weighted by molar-refractivity contribution is -0.00221. The van der Waals surface area contributed by atoms with Gasteiger partial charge in [-0.2, -0.15) is 0 Å². The highest BCUT2D eigenvalue weighted by atomic mass is 32.2. The normalized spacial score (nSPS) is 24.7. The highest BCUT2D eigenvalue weighted by molar-refractivity contribution is 7.88. The number of nitrogens with one attached hydrogen (secondary N) is 1. The monoisotopic (exact) mass is 501 g/mol. The first-order chi connectivity index (χ1) is 16.5. The van der Waals surface area contributed by atoms with Crippen LogP contribution in [-0.2, 0) is 16.4 Å². The molecule has 1 aliphatic carbocycles. The first kappa shape index (κ1) is 25.7. The molecule has 0 amide bonds. The molecule has 2 aromatic rings. The molecule has 1 heterocycles. The first-order valence-corrected chi connectivity index (χ1v) is 14.0. The third-order valence-electron chi connectivity index (χ3n) is 6.83. The van der Waals surface area contributed by atoms with Gasteiger partial charge in [0.2, 0.25) is 10.0 Å². The standard InChI is InChI=1S/C27H35NO6S/c1-27(2,34-19-11-5-4-6-12-19)24(30)15-14-20-22(29)17-23-25(20)21-13-7-9-18(26(21)33-23)10-8-16-28-35(3,31)32/h4-7,9,11-15,20,22-25,28-30H,8,10,16-17H2,1-3H3/b15-14+/t20-,22+,23-,24+,25-/m0/s1. The molecule has 7 nitrogen and oxygen atoms in total. The SMILES string of the molecule is CC(C)(Oc1ccccc1)[C@H](O)/C=C/[C@@H]1[C@H]2c3cccc(CCCNS(C)(=O)=O)c3O[C@H]2C[C@H]1O. The van der Waals surface area contributed by atoms with Crippen molar-refractivity contribution < 1.29 is 28.1 Å². The zero-order valence-corrected chi connectivity index (χ0v) is 21.2. The van der Waals surface area contributed by atoms with E-state index in [2.05, 4.69) is 4.72 Å². The summed E-state index contributed by atoms with van der Waals surface area (Å²) in [6, 6.07) is 15.4. The van der Waals surface area contributed by atoms with Gasteiger partial charge in [0.1, 0.15) is 29.3 Å². The molecule has 0 aromatic heterocycles. The van der Waals surface area contributed by atoms with Crippen molar-refractivity contribution in [2.75, 3.05) is 12.8 Å². The number of rotatable bonds is 10. The van der Waals surface area contributed by atoms with Gasteiger partial charge in [0.05, 0.1) is 12.4 Å². The van der Waals surface area contributed by atoms with E-state index in [1.54, 1.807) is 6.08 Å². The van der Waals surface area contributed by atoms with Gasteiger partial charge in [-0.3, -0.25) is 0 Å². The average molecular weight is 502 g/mol. The summed E-state index contributed by atoms with van der Waals surface area (Å²) in [7, 11) is -3.20. The number of hydrogen-bond acceptors (Lipinski definition) is 6. The van der Waals surface area contributed by atoms with Crippen LogP contribution in [0.1, 0.15) is 43.7 Å². The summed E-state index contributed by atoms with van der Waals surface area (Å²) >= 11 is 0. The number of para-hydroxylation sites is 2. The van der Waals surface area contributed by atoms with E-state index in [9.17, 15) is 18.6 Å². The largest absolute Gasteiger partial charge is 0.489 e. The van der Waals surface area contributed by atoms with E-state index in [0.717, 1.165) is 23.1 Å². The van der Waals surface area contributed by atoms with E-state index < -0.39 is 27.8 Å². The van der Waals surface area contributed by atoms with Crippen LogP contribution in [0.3, 0.4) is 0 Å². The number of ether oxygens (including phenoxy) is 2. The van der Waals surface area contributed by atoms with Crippen molar-refractivity contribution in [2.45, 2.75) is 62.9 Å². The molecule has 0 radical (unpaired) electrons. The predicted octanol–water partition coefficient (Wildman–Crippen LogP) is 3.17. The molecule has 8 heteroatoms. The van der Waals surface area contributed by atoms with Crippen LogP contribution >= 0.6 is 0 Å². The minimum absolute atomic E-state index is 0.00398. The number of aryl methyl sites for hydroxylation is 1. The van der Waals surface area contributed by atoms with Crippen molar-refractivity contribution in [3.05, 3.63) is 71.8 Å². The summed E-state index contributed by atoms with van der Waals surface area (Å²) in [4.78, 5) is 0. The second kappa shape index (κ2) is 10.3. The van der Waals surface area contributed by atoms with Crippen LogP contribution in [0.25, 0.3) is 0 Å². The lowest BCUT2D eigenvalue weighted by atomic mass is 9.86. The van der Waals surface area contributed by atoms with Crippen LogP contribution in [0.15, 0.2) is 60.7 Å². The van der Waals surface area contributed by atoms with Crippen LogP contribution in [0.2, 0.25) is 0 Å². The number of benzene rings is 2. The number of aliphatic hydroxyl groups excluding tert-OH is 2. The van der Waals surface area contributed by atoms with E-state index in [1.807, 2.05) is 68.5 Å². The van der Waals surface area contributed by atoms with Crippen LogP contribution in [0.4, 0.5) is 0 Å². The van der Waals surface area contributed by atoms with E-state index in [4.69, 9.17) is 9.47 Å². The summed E-state index contributed by atoms with van der Waals surface area (Å²) in [5, 5.41) is 21.6. The van der Waals surface area contributed by atoms with E-state index in [1.165, 1.54) is 0 Å². The fourth-order valence-electron chi connectivity index (χ4n) is 5.02. The Kier molecular flexibility index (Phi) is 7.57. The van der Waals surface area contributed by atoms with Crippen molar-refractivity contribution in [3.8, 4) is 11.5 Å². The molecule has 5 atom stereocenters. The number of fused-ring (bicyclic) bond motifs is 3. The Balaban J connectivity index is 1.46. The summed E-state index contributed by atoms with van der Waals surface area (Å²) in [6.45, 7) is 4.04. The summed E-state index contributed by atoms with van der Waals surface area (Å²) in [5.41, 5.74) is 1.25. The fraction of sp³-hybridized carbons (Fsp3) is 0.481. The zero-order chi connectivity index (χ0) is 25.2. The van der Waals surface area contributed by atoms with Gasteiger partial charge in [-0.1, -0.05) is 48.6 Å². The molecule has 3 N–H and O–H groups in total. The van der Waals surface area contributed by atoms with Gasteiger partial charge in [0, 0.05) is 30.4 Å². The number of sulfonamides is 1. The van der Waals surface area contributed by atoms with Gasteiger partial charge in [-0.15, -0.1) is 0 Å². The second-order valence-corrected chi connectivity index (χ2v) is 11.8. The van der Waals surface area contributed by atoms with E-state index in [-0.39, 0.29) is 17.9 Å². The highest BCUT2D eigenvalue weighted by Gasteiger charge is 2.49. The molecule has 190 valence electrons. The van der Waals surface area contributed by atoms with Crippen molar-refractivity contribution in [2.24, 2.45) is 5.92 Å². The van der Waals surface area contributed by atoms with Gasteiger partial charge >= 0.3 is 0 Å². The van der Waals surface area contributed by atoms with Gasteiger partial charge in [0.15, 0.2) is 0 Å². The molecule has 4 rings (SSSR count). The van der Waals surface area contributed by atoms with Crippen LogP contribution in [-0.4, -0.2) is 55.3 Å². The van der Waals surface area contributed by atoms with E-state index >= 15 is 0 Å². The maximum atomic E-state index is 11.3. The van der Waals surface area contributed by atoms with Gasteiger partial charge in [-0.25, -0.2) is 13.1 Å². The minimum atomic E-state index is -3.20. The molecular weight excluding hydrogens is 466 g/mol. The van der Waals surface area contributed by atoms with Gasteiger partial charge in [0.25, 0.3) is 0 Å². The van der Waals surface area contributed by atoms with Crippen molar-refractivity contribution >= 4 is 10.0 Å². The molecule has 0 saturated heterocycles. The van der Waals surface area contributed by atoms with Gasteiger partial charge in [-0.05, 0) is 44.4 Å². The third kappa shape index (κ3) is 6.06. The maximum Gasteiger partial charge on any atom is 0.208 e. The lowest BCUT2D eigenvalue weighted by Gasteiger charge is -2.30. The number of hydrogen-bond donors (Lipinski definition) is 3. The molecule has 1 aliphatic heterocycles. The summed E-state index contributed by atoms with van der Waals surface area (Å²) in [5.74, 6) is 1.34. The van der Waals surface area contributed by atoms with Crippen LogP contribution in [0, 0.1) is 5.92 Å². The Bertz CT molecular complexity index is 1150. The summed E-state index contributed by atoms with van der Waals surface area (Å²) < 4.78 is 37.4. The predicted molar refractivity (Wildman–Crippen MR) is 135 cm³/mol. The highest BCUT2D eigenvalue weighted by Crippen LogP contribution is 2.52. The molecule has 0 bridgehead atoms. The minimum Gasteiger partial charge on any atom is -0.489 e. The molecule has 2 aromatic carbocycles. The Hall–Kier alpha value is -2.39. The Morgan fingerprint density at radius 2 is 1.94 bits per heavy atom. The quantitative estimate of drug-likeness (QED) is 0.341. The molecule has 1 saturated carbocycles. The average Bonchev–Trinajstić information content (AvgIpc) is 3.30. The Morgan fingerprint density at radius 1 is 1.20 bits per heavy atom. The van der Waals surface area contributed by atoms with Crippen LogP contribution < -0.4 is 14.2 Å². The second-order valence-electron chi connectivity index (χ2n) is 10.0. The lowest BCUT2D eigenvalue weighted by Crippen LogP contribution is -2.41. The topological polar surface area (TPSA) is 105 Å². The van der Waals surface area contributed by atoms with Crippen molar-refractivity contribution in [1.82, 2.24) is 4.72 Å². The number of aliphatic hydroxyl groups is 2. The Morgan fingerprint density at radius 3 is 2.66 bits per heavy atom. The van der Waals surface area contributed by atoms with Crippen molar-refractivity contribution in [1.29, 1.82) is 0 Å². The molecule has 2 aliphatic rings. The smallest absolute Gasteiger partial charge is 0.208 e. The van der Waals surface area contributed by atoms with E-state index in [0.29, 0.717) is 31.6 Å².